The van der Waals surface area contributed by atoms with Gasteiger partial charge in [-0.05, 0) is 43.2 Å². The van der Waals surface area contributed by atoms with Crippen LogP contribution in [-0.4, -0.2) is 6.04 Å². The van der Waals surface area contributed by atoms with Crippen molar-refractivity contribution in [2.45, 2.75) is 45.6 Å². The second kappa shape index (κ2) is 4.63. The number of hydrogen-bond acceptors (Lipinski definition) is 1. The summed E-state index contributed by atoms with van der Waals surface area (Å²) >= 11 is 0. The number of nitrogens with one attached hydrogen (secondary N) is 1. The lowest BCUT2D eigenvalue weighted by molar-refractivity contribution is 0.232. The maximum absolute atomic E-state index is 13.0. The highest BCUT2D eigenvalue weighted by Gasteiger charge is 2.26. The summed E-state index contributed by atoms with van der Waals surface area (Å²) in [6.07, 6.45) is 4.43. The summed E-state index contributed by atoms with van der Waals surface area (Å²) in [6, 6.07) is 3.94. The molecule has 1 nitrogen and oxygen atoms in total. The molecule has 1 aliphatic rings. The van der Waals surface area contributed by atoms with E-state index in [0.29, 0.717) is 17.1 Å². The largest absolute Gasteiger partial charge is 0.382 e. The van der Waals surface area contributed by atoms with Crippen LogP contribution in [0.15, 0.2) is 18.2 Å². The first kappa shape index (κ1) is 12.3. The monoisotopic (exact) mass is 239 g/mol. The van der Waals surface area contributed by atoms with Gasteiger partial charge in [-0.2, -0.15) is 0 Å². The van der Waals surface area contributed by atoms with Gasteiger partial charge in [-0.3, -0.25) is 0 Å². The Morgan fingerprint density at radius 2 is 1.59 bits per heavy atom. The van der Waals surface area contributed by atoms with Crippen molar-refractivity contribution in [3.8, 4) is 0 Å². The molecular weight excluding hydrogens is 220 g/mol. The van der Waals surface area contributed by atoms with E-state index in [2.05, 4.69) is 19.2 Å². The van der Waals surface area contributed by atoms with Crippen LogP contribution in [0.25, 0.3) is 0 Å². The average molecular weight is 239 g/mol. The molecule has 1 aromatic carbocycles. The highest BCUT2D eigenvalue weighted by molar-refractivity contribution is 5.44. The highest BCUT2D eigenvalue weighted by Crippen LogP contribution is 2.36. The van der Waals surface area contributed by atoms with Crippen LogP contribution in [0, 0.1) is 17.0 Å². The summed E-state index contributed by atoms with van der Waals surface area (Å²) in [5, 5.41) is 3.22. The molecule has 0 aromatic heterocycles. The van der Waals surface area contributed by atoms with Crippen LogP contribution in [-0.2, 0) is 0 Å². The Bertz CT molecular complexity index is 371. The predicted molar refractivity (Wildman–Crippen MR) is 66.0 cm³/mol. The summed E-state index contributed by atoms with van der Waals surface area (Å²) in [6.45, 7) is 4.54. The molecule has 0 unspecified atom stereocenters. The number of benzene rings is 1. The standard InChI is InChI=1S/C14H19F2N/c1-14(2)5-3-12(4-6-14)17-13-8-10(15)7-11(16)9-13/h7-9,12,17H,3-6H2,1-2H3. The summed E-state index contributed by atoms with van der Waals surface area (Å²) in [5.41, 5.74) is 0.956. The highest BCUT2D eigenvalue weighted by atomic mass is 19.1. The Morgan fingerprint density at radius 1 is 1.06 bits per heavy atom. The van der Waals surface area contributed by atoms with Gasteiger partial charge in [-0.15, -0.1) is 0 Å². The van der Waals surface area contributed by atoms with Crippen LogP contribution < -0.4 is 5.32 Å². The molecular formula is C14H19F2N. The second-order valence-corrected chi connectivity index (χ2v) is 5.74. The molecule has 1 aromatic rings. The van der Waals surface area contributed by atoms with E-state index < -0.39 is 11.6 Å². The topological polar surface area (TPSA) is 12.0 Å². The van der Waals surface area contributed by atoms with Crippen LogP contribution >= 0.6 is 0 Å². The minimum atomic E-state index is -0.524. The van der Waals surface area contributed by atoms with Crippen molar-refractivity contribution in [2.75, 3.05) is 5.32 Å². The average Bonchev–Trinajstić information content (AvgIpc) is 2.20. The first-order valence-corrected chi connectivity index (χ1v) is 6.17. The Labute approximate surface area is 101 Å². The van der Waals surface area contributed by atoms with E-state index in [1.54, 1.807) is 0 Å². The van der Waals surface area contributed by atoms with Gasteiger partial charge in [0.05, 0.1) is 0 Å². The fraction of sp³-hybridized carbons (Fsp3) is 0.571. The van der Waals surface area contributed by atoms with Gasteiger partial charge in [0.25, 0.3) is 0 Å². The molecule has 1 N–H and O–H groups in total. The SMILES string of the molecule is CC1(C)CCC(Nc2cc(F)cc(F)c2)CC1. The van der Waals surface area contributed by atoms with Crippen molar-refractivity contribution in [2.24, 2.45) is 5.41 Å². The summed E-state index contributed by atoms with van der Waals surface area (Å²) in [7, 11) is 0. The van der Waals surface area contributed by atoms with Crippen LogP contribution in [0.2, 0.25) is 0 Å². The second-order valence-electron chi connectivity index (χ2n) is 5.74. The predicted octanol–water partition coefficient (Wildman–Crippen LogP) is 4.35. The third-order valence-corrected chi connectivity index (χ3v) is 3.57. The molecule has 0 heterocycles. The molecule has 3 heteroatoms. The van der Waals surface area contributed by atoms with Gasteiger partial charge in [0.15, 0.2) is 0 Å². The van der Waals surface area contributed by atoms with E-state index in [1.165, 1.54) is 12.1 Å². The van der Waals surface area contributed by atoms with Crippen LogP contribution in [0.1, 0.15) is 39.5 Å². The molecule has 0 radical (unpaired) electrons. The third-order valence-electron chi connectivity index (χ3n) is 3.57. The van der Waals surface area contributed by atoms with Crippen molar-refractivity contribution in [3.05, 3.63) is 29.8 Å². The van der Waals surface area contributed by atoms with Gasteiger partial charge >= 0.3 is 0 Å². The molecule has 0 amide bonds. The van der Waals surface area contributed by atoms with Crippen molar-refractivity contribution in [1.82, 2.24) is 0 Å². The normalized spacial score (nSPS) is 20.2. The van der Waals surface area contributed by atoms with E-state index in [9.17, 15) is 8.78 Å². The van der Waals surface area contributed by atoms with Gasteiger partial charge in [-0.1, -0.05) is 13.8 Å². The molecule has 0 atom stereocenters. The first-order chi connectivity index (χ1) is 7.94. The quantitative estimate of drug-likeness (QED) is 0.809. The van der Waals surface area contributed by atoms with Crippen molar-refractivity contribution >= 4 is 5.69 Å². The van der Waals surface area contributed by atoms with E-state index in [0.717, 1.165) is 31.7 Å². The maximum atomic E-state index is 13.0. The summed E-state index contributed by atoms with van der Waals surface area (Å²) in [5.74, 6) is -1.05. The fourth-order valence-corrected chi connectivity index (χ4v) is 2.42. The summed E-state index contributed by atoms with van der Waals surface area (Å²) < 4.78 is 26.1. The molecule has 1 saturated carbocycles. The molecule has 1 aliphatic carbocycles. The van der Waals surface area contributed by atoms with Crippen molar-refractivity contribution in [1.29, 1.82) is 0 Å². The van der Waals surface area contributed by atoms with Gasteiger partial charge < -0.3 is 5.32 Å². The van der Waals surface area contributed by atoms with Crippen molar-refractivity contribution < 1.29 is 8.78 Å². The molecule has 17 heavy (non-hydrogen) atoms. The molecule has 2 rings (SSSR count). The zero-order chi connectivity index (χ0) is 12.5. The summed E-state index contributed by atoms with van der Waals surface area (Å²) in [4.78, 5) is 0. The lowest BCUT2D eigenvalue weighted by Crippen LogP contribution is -2.29. The van der Waals surface area contributed by atoms with Crippen LogP contribution in [0.5, 0.6) is 0 Å². The number of rotatable bonds is 2. The Kier molecular flexibility index (Phi) is 3.36. The number of anilines is 1. The number of hydrogen-bond donors (Lipinski definition) is 1. The minimum Gasteiger partial charge on any atom is -0.382 e. The Morgan fingerprint density at radius 3 is 2.12 bits per heavy atom. The Balaban J connectivity index is 1.97. The Hall–Kier alpha value is -1.12. The van der Waals surface area contributed by atoms with Gasteiger partial charge in [0.1, 0.15) is 11.6 Å². The van der Waals surface area contributed by atoms with E-state index in [-0.39, 0.29) is 0 Å². The minimum absolute atomic E-state index is 0.337. The third kappa shape index (κ3) is 3.42. The number of halogens is 2. The first-order valence-electron chi connectivity index (χ1n) is 6.17. The van der Waals surface area contributed by atoms with Gasteiger partial charge in [0, 0.05) is 17.8 Å². The van der Waals surface area contributed by atoms with Gasteiger partial charge in [0.2, 0.25) is 0 Å². The molecule has 1 fully saturated rings. The lowest BCUT2D eigenvalue weighted by Gasteiger charge is -2.35. The van der Waals surface area contributed by atoms with Crippen molar-refractivity contribution in [3.63, 3.8) is 0 Å². The molecule has 0 spiro atoms. The maximum Gasteiger partial charge on any atom is 0.128 e. The molecule has 0 bridgehead atoms. The zero-order valence-corrected chi connectivity index (χ0v) is 10.4. The molecule has 94 valence electrons. The molecule has 0 saturated heterocycles. The molecule has 0 aliphatic heterocycles. The smallest absolute Gasteiger partial charge is 0.128 e. The van der Waals surface area contributed by atoms with Gasteiger partial charge in [-0.25, -0.2) is 8.78 Å². The van der Waals surface area contributed by atoms with E-state index in [4.69, 9.17) is 0 Å². The fourth-order valence-electron chi connectivity index (χ4n) is 2.42. The van der Waals surface area contributed by atoms with Crippen LogP contribution in [0.3, 0.4) is 0 Å². The zero-order valence-electron chi connectivity index (χ0n) is 10.4. The van der Waals surface area contributed by atoms with Crippen LogP contribution in [0.4, 0.5) is 14.5 Å². The van der Waals surface area contributed by atoms with E-state index in [1.807, 2.05) is 0 Å². The van der Waals surface area contributed by atoms with E-state index >= 15 is 0 Å². The lowest BCUT2D eigenvalue weighted by atomic mass is 9.75.